The zero-order valence-electron chi connectivity index (χ0n) is 8.66. The van der Waals surface area contributed by atoms with Crippen LogP contribution in [-0.2, 0) is 5.54 Å². The predicted octanol–water partition coefficient (Wildman–Crippen LogP) is 2.58. The van der Waals surface area contributed by atoms with Gasteiger partial charge in [-0.2, -0.15) is 0 Å². The highest BCUT2D eigenvalue weighted by Gasteiger charge is 2.64. The third-order valence-corrected chi connectivity index (χ3v) is 4.25. The van der Waals surface area contributed by atoms with Gasteiger partial charge in [0.1, 0.15) is 0 Å². The molecule has 0 heterocycles. The van der Waals surface area contributed by atoms with Crippen molar-refractivity contribution in [1.82, 2.24) is 0 Å². The van der Waals surface area contributed by atoms with Crippen LogP contribution in [-0.4, -0.2) is 0 Å². The lowest BCUT2D eigenvalue weighted by Gasteiger charge is -2.18. The fourth-order valence-corrected chi connectivity index (χ4v) is 3.46. The van der Waals surface area contributed by atoms with Crippen LogP contribution >= 0.6 is 0 Å². The van der Waals surface area contributed by atoms with Crippen molar-refractivity contribution in [2.24, 2.45) is 17.6 Å². The first-order valence-electron chi connectivity index (χ1n) is 5.59. The Bertz CT molecular complexity index is 359. The van der Waals surface area contributed by atoms with Crippen molar-refractivity contribution in [1.29, 1.82) is 0 Å². The van der Waals surface area contributed by atoms with E-state index in [0.29, 0.717) is 0 Å². The van der Waals surface area contributed by atoms with E-state index in [9.17, 15) is 0 Å². The van der Waals surface area contributed by atoms with E-state index < -0.39 is 0 Å². The number of nitrogens with two attached hydrogens (primary N) is 1. The molecule has 0 aliphatic heterocycles. The Kier molecular flexibility index (Phi) is 1.58. The zero-order chi connectivity index (χ0) is 9.76. The average Bonchev–Trinajstić information content (AvgIpc) is 2.63. The highest BCUT2D eigenvalue weighted by atomic mass is 14.9. The lowest BCUT2D eigenvalue weighted by molar-refractivity contribution is 0.524. The van der Waals surface area contributed by atoms with Crippen LogP contribution in [0.4, 0.5) is 0 Å². The molecule has 1 aromatic carbocycles. The molecule has 0 aromatic heterocycles. The van der Waals surface area contributed by atoms with E-state index in [0.717, 1.165) is 11.8 Å². The van der Waals surface area contributed by atoms with E-state index >= 15 is 0 Å². The molecule has 2 unspecified atom stereocenters. The first-order valence-corrected chi connectivity index (χ1v) is 5.59. The van der Waals surface area contributed by atoms with E-state index in [1.165, 1.54) is 30.4 Å². The summed E-state index contributed by atoms with van der Waals surface area (Å²) in [5, 5.41) is 0. The molecule has 1 heteroatoms. The first-order chi connectivity index (χ1) is 6.74. The van der Waals surface area contributed by atoms with E-state index in [1.807, 2.05) is 0 Å². The van der Waals surface area contributed by atoms with Crippen LogP contribution in [0.1, 0.15) is 30.4 Å². The minimum atomic E-state index is 0.0452. The smallest absolute Gasteiger partial charge is 0.0476 e. The number of fused-ring (bicyclic) bond motifs is 1. The second-order valence-corrected chi connectivity index (χ2v) is 4.89. The number of hydrogen-bond donors (Lipinski definition) is 1. The number of rotatable bonds is 1. The third kappa shape index (κ3) is 0.885. The second-order valence-electron chi connectivity index (χ2n) is 4.89. The van der Waals surface area contributed by atoms with E-state index in [4.69, 9.17) is 5.73 Å². The Morgan fingerprint density at radius 1 is 1.21 bits per heavy atom. The van der Waals surface area contributed by atoms with Gasteiger partial charge in [0.05, 0.1) is 0 Å². The van der Waals surface area contributed by atoms with Gasteiger partial charge < -0.3 is 5.73 Å². The van der Waals surface area contributed by atoms with E-state index in [2.05, 4.69) is 31.2 Å². The van der Waals surface area contributed by atoms with Crippen LogP contribution in [0.5, 0.6) is 0 Å². The Labute approximate surface area is 85.3 Å². The number of hydrogen-bond acceptors (Lipinski definition) is 1. The molecule has 3 rings (SSSR count). The molecule has 2 atom stereocenters. The van der Waals surface area contributed by atoms with Crippen LogP contribution in [0.3, 0.4) is 0 Å². The van der Waals surface area contributed by atoms with Crippen LogP contribution in [0.15, 0.2) is 24.3 Å². The van der Waals surface area contributed by atoms with E-state index in [1.54, 1.807) is 0 Å². The van der Waals surface area contributed by atoms with Crippen LogP contribution in [0.2, 0.25) is 0 Å². The molecule has 0 saturated heterocycles. The molecular weight excluding hydrogens is 170 g/mol. The van der Waals surface area contributed by atoms with Crippen molar-refractivity contribution in [2.75, 3.05) is 0 Å². The molecule has 2 fully saturated rings. The van der Waals surface area contributed by atoms with Gasteiger partial charge in [-0.05, 0) is 42.7 Å². The van der Waals surface area contributed by atoms with Gasteiger partial charge in [-0.25, -0.2) is 0 Å². The molecule has 0 bridgehead atoms. The zero-order valence-corrected chi connectivity index (χ0v) is 8.66. The second kappa shape index (κ2) is 2.60. The minimum absolute atomic E-state index is 0.0452. The Hall–Kier alpha value is -0.820. The molecule has 1 nitrogen and oxygen atoms in total. The maximum atomic E-state index is 6.52. The normalized spacial score (nSPS) is 39.6. The maximum absolute atomic E-state index is 6.52. The minimum Gasteiger partial charge on any atom is -0.321 e. The highest BCUT2D eigenvalue weighted by molar-refractivity contribution is 5.41. The molecule has 2 N–H and O–H groups in total. The summed E-state index contributed by atoms with van der Waals surface area (Å²) < 4.78 is 0. The van der Waals surface area contributed by atoms with Gasteiger partial charge in [0.25, 0.3) is 0 Å². The van der Waals surface area contributed by atoms with Gasteiger partial charge in [0.2, 0.25) is 0 Å². The quantitative estimate of drug-likeness (QED) is 0.718. The largest absolute Gasteiger partial charge is 0.321 e. The molecule has 2 aliphatic carbocycles. The lowest BCUT2D eigenvalue weighted by atomic mass is 9.93. The third-order valence-electron chi connectivity index (χ3n) is 4.25. The Balaban J connectivity index is 2.01. The standard InChI is InChI=1S/C13H17N/c1-9-5-2-3-6-10(9)13(14)11-7-4-8-12(11)13/h2-3,5-6,11-12H,4,7-8,14H2,1H3. The summed E-state index contributed by atoms with van der Waals surface area (Å²) in [6.07, 6.45) is 4.07. The van der Waals surface area contributed by atoms with Crippen LogP contribution in [0, 0.1) is 18.8 Å². The fraction of sp³-hybridized carbons (Fsp3) is 0.538. The number of benzene rings is 1. The van der Waals surface area contributed by atoms with Crippen molar-refractivity contribution >= 4 is 0 Å². The molecule has 1 aromatic rings. The molecule has 14 heavy (non-hydrogen) atoms. The van der Waals surface area contributed by atoms with Gasteiger partial charge in [-0.1, -0.05) is 30.7 Å². The average molecular weight is 187 g/mol. The lowest BCUT2D eigenvalue weighted by Crippen LogP contribution is -2.26. The molecule has 74 valence electrons. The summed E-state index contributed by atoms with van der Waals surface area (Å²) in [7, 11) is 0. The molecular formula is C13H17N. The summed E-state index contributed by atoms with van der Waals surface area (Å²) in [6, 6.07) is 8.61. The van der Waals surface area contributed by atoms with Gasteiger partial charge in [-0.3, -0.25) is 0 Å². The predicted molar refractivity (Wildman–Crippen MR) is 57.9 cm³/mol. The fourth-order valence-electron chi connectivity index (χ4n) is 3.46. The van der Waals surface area contributed by atoms with Crippen molar-refractivity contribution in [3.05, 3.63) is 35.4 Å². The summed E-state index contributed by atoms with van der Waals surface area (Å²) >= 11 is 0. The van der Waals surface area contributed by atoms with Gasteiger partial charge in [-0.15, -0.1) is 0 Å². The van der Waals surface area contributed by atoms with Crippen molar-refractivity contribution in [3.63, 3.8) is 0 Å². The van der Waals surface area contributed by atoms with Crippen molar-refractivity contribution < 1.29 is 0 Å². The Morgan fingerprint density at radius 3 is 2.50 bits per heavy atom. The van der Waals surface area contributed by atoms with Crippen molar-refractivity contribution in [2.45, 2.75) is 31.7 Å². The summed E-state index contributed by atoms with van der Waals surface area (Å²) in [5.41, 5.74) is 9.33. The molecule has 0 radical (unpaired) electrons. The summed E-state index contributed by atoms with van der Waals surface area (Å²) in [6.45, 7) is 2.18. The molecule has 0 amide bonds. The van der Waals surface area contributed by atoms with E-state index in [-0.39, 0.29) is 5.54 Å². The SMILES string of the molecule is Cc1ccccc1C1(N)C2CCCC21. The summed E-state index contributed by atoms with van der Waals surface area (Å²) in [5.74, 6) is 1.56. The molecule has 2 aliphatic rings. The Morgan fingerprint density at radius 2 is 1.86 bits per heavy atom. The summed E-state index contributed by atoms with van der Waals surface area (Å²) in [4.78, 5) is 0. The van der Waals surface area contributed by atoms with Crippen LogP contribution < -0.4 is 5.73 Å². The van der Waals surface area contributed by atoms with Crippen molar-refractivity contribution in [3.8, 4) is 0 Å². The highest BCUT2D eigenvalue weighted by Crippen LogP contribution is 2.64. The monoisotopic (exact) mass is 187 g/mol. The number of aryl methyl sites for hydroxylation is 1. The molecule has 2 saturated carbocycles. The maximum Gasteiger partial charge on any atom is 0.0476 e. The van der Waals surface area contributed by atoms with Gasteiger partial charge >= 0.3 is 0 Å². The molecule has 0 spiro atoms. The van der Waals surface area contributed by atoms with Crippen LogP contribution in [0.25, 0.3) is 0 Å². The topological polar surface area (TPSA) is 26.0 Å². The van der Waals surface area contributed by atoms with Gasteiger partial charge in [0, 0.05) is 5.54 Å². The first kappa shape index (κ1) is 8.49. The van der Waals surface area contributed by atoms with Gasteiger partial charge in [0.15, 0.2) is 0 Å².